The number of benzene rings is 1. The minimum Gasteiger partial charge on any atom is -0.491 e. The maximum Gasteiger partial charge on any atom is 0.252 e. The van der Waals surface area contributed by atoms with Gasteiger partial charge in [0.15, 0.2) is 0 Å². The molecule has 1 aliphatic heterocycles. The molecule has 0 bridgehead atoms. The van der Waals surface area contributed by atoms with E-state index >= 15 is 0 Å². The molecule has 2 heterocycles. The number of amides is 1. The van der Waals surface area contributed by atoms with Gasteiger partial charge in [-0.15, -0.1) is 24.5 Å². The maximum atomic E-state index is 12.1. The van der Waals surface area contributed by atoms with E-state index in [1.165, 1.54) is 0 Å². The second kappa shape index (κ2) is 12.9. The van der Waals surface area contributed by atoms with Crippen LogP contribution in [-0.2, 0) is 4.74 Å². The monoisotopic (exact) mass is 464 g/mol. The SMILES string of the molecule is C=CC/C=C/C=C/C=C(/CC=C)c1cc2cc(C(N)=O)c(OCCN3CCOCC3)cc2s1. The predicted molar refractivity (Wildman–Crippen MR) is 139 cm³/mol. The van der Waals surface area contributed by atoms with Crippen molar-refractivity contribution in [3.63, 3.8) is 0 Å². The Labute approximate surface area is 200 Å². The highest BCUT2D eigenvalue weighted by Crippen LogP contribution is 2.36. The van der Waals surface area contributed by atoms with Crippen molar-refractivity contribution in [3.05, 3.63) is 84.3 Å². The Bertz CT molecular complexity index is 1060. The molecule has 1 amide bonds. The van der Waals surface area contributed by atoms with Crippen molar-refractivity contribution in [3.8, 4) is 5.75 Å². The quantitative estimate of drug-likeness (QED) is 0.339. The van der Waals surface area contributed by atoms with E-state index in [0.29, 0.717) is 17.9 Å². The average molecular weight is 465 g/mol. The van der Waals surface area contributed by atoms with Gasteiger partial charge < -0.3 is 15.2 Å². The lowest BCUT2D eigenvalue weighted by Gasteiger charge is -2.26. The molecule has 2 N–H and O–H groups in total. The van der Waals surface area contributed by atoms with Crippen molar-refractivity contribution in [1.29, 1.82) is 0 Å². The first kappa shape index (κ1) is 24.7. The molecule has 0 unspecified atom stereocenters. The number of fused-ring (bicyclic) bond motifs is 1. The highest BCUT2D eigenvalue weighted by atomic mass is 32.1. The van der Waals surface area contributed by atoms with Gasteiger partial charge in [0, 0.05) is 29.2 Å². The summed E-state index contributed by atoms with van der Waals surface area (Å²) in [6.07, 6.45) is 15.5. The van der Waals surface area contributed by atoms with Crippen LogP contribution in [0.1, 0.15) is 28.1 Å². The van der Waals surface area contributed by atoms with Gasteiger partial charge in [-0.05, 0) is 42.0 Å². The van der Waals surface area contributed by atoms with Crippen molar-refractivity contribution in [2.24, 2.45) is 5.73 Å². The van der Waals surface area contributed by atoms with Crippen LogP contribution in [0.3, 0.4) is 0 Å². The number of thiophene rings is 1. The Balaban J connectivity index is 1.80. The number of primary amides is 1. The van der Waals surface area contributed by atoms with E-state index in [1.54, 1.807) is 11.3 Å². The molecule has 5 nitrogen and oxygen atoms in total. The maximum absolute atomic E-state index is 12.1. The fraction of sp³-hybridized carbons (Fsp3) is 0.296. The lowest BCUT2D eigenvalue weighted by molar-refractivity contribution is 0.0322. The summed E-state index contributed by atoms with van der Waals surface area (Å²) in [6, 6.07) is 5.87. The zero-order valence-electron chi connectivity index (χ0n) is 19.0. The molecule has 1 aliphatic rings. The Morgan fingerprint density at radius 3 is 2.70 bits per heavy atom. The Morgan fingerprint density at radius 2 is 1.97 bits per heavy atom. The summed E-state index contributed by atoms with van der Waals surface area (Å²) in [5.41, 5.74) is 7.24. The average Bonchev–Trinajstić information content (AvgIpc) is 3.23. The molecule has 174 valence electrons. The van der Waals surface area contributed by atoms with Crippen molar-refractivity contribution in [1.82, 2.24) is 4.90 Å². The van der Waals surface area contributed by atoms with Gasteiger partial charge in [0.1, 0.15) is 12.4 Å². The summed E-state index contributed by atoms with van der Waals surface area (Å²) >= 11 is 1.67. The largest absolute Gasteiger partial charge is 0.491 e. The van der Waals surface area contributed by atoms with E-state index in [9.17, 15) is 4.79 Å². The zero-order chi connectivity index (χ0) is 23.5. The van der Waals surface area contributed by atoms with E-state index in [0.717, 1.165) is 66.2 Å². The van der Waals surface area contributed by atoms with Gasteiger partial charge in [-0.25, -0.2) is 0 Å². The number of carbonyl (C=O) groups excluding carboxylic acids is 1. The first-order valence-corrected chi connectivity index (χ1v) is 12.0. The van der Waals surface area contributed by atoms with Crippen molar-refractivity contribution >= 4 is 32.9 Å². The lowest BCUT2D eigenvalue weighted by Crippen LogP contribution is -2.38. The molecule has 1 aromatic carbocycles. The van der Waals surface area contributed by atoms with Crippen LogP contribution in [-0.4, -0.2) is 50.3 Å². The van der Waals surface area contributed by atoms with Gasteiger partial charge in [0.05, 0.1) is 18.8 Å². The van der Waals surface area contributed by atoms with Crippen LogP contribution in [0, 0.1) is 0 Å². The highest BCUT2D eigenvalue weighted by molar-refractivity contribution is 7.20. The molecule has 6 heteroatoms. The van der Waals surface area contributed by atoms with Crippen LogP contribution >= 0.6 is 11.3 Å². The Hall–Kier alpha value is -2.93. The second-order valence-electron chi connectivity index (χ2n) is 7.69. The van der Waals surface area contributed by atoms with Gasteiger partial charge in [-0.2, -0.15) is 0 Å². The number of morpholine rings is 1. The van der Waals surface area contributed by atoms with Crippen LogP contribution in [0.25, 0.3) is 15.7 Å². The molecule has 0 saturated carbocycles. The normalized spacial score (nSPS) is 15.5. The van der Waals surface area contributed by atoms with Crippen molar-refractivity contribution < 1.29 is 14.3 Å². The molecule has 0 aliphatic carbocycles. The summed E-state index contributed by atoms with van der Waals surface area (Å²) in [5.74, 6) is 0.0558. The van der Waals surface area contributed by atoms with Gasteiger partial charge in [-0.1, -0.05) is 42.5 Å². The van der Waals surface area contributed by atoms with E-state index in [-0.39, 0.29) is 0 Å². The number of carbonyl (C=O) groups is 1. The van der Waals surface area contributed by atoms with Crippen molar-refractivity contribution in [2.45, 2.75) is 12.8 Å². The van der Waals surface area contributed by atoms with Crippen LogP contribution in [0.5, 0.6) is 5.75 Å². The molecule has 3 rings (SSSR count). The summed E-state index contributed by atoms with van der Waals surface area (Å²) in [4.78, 5) is 15.5. The summed E-state index contributed by atoms with van der Waals surface area (Å²) in [5, 5.41) is 0.981. The summed E-state index contributed by atoms with van der Waals surface area (Å²) in [6.45, 7) is 12.2. The number of nitrogens with zero attached hydrogens (tertiary/aromatic N) is 1. The third kappa shape index (κ3) is 7.29. The molecule has 33 heavy (non-hydrogen) atoms. The molecule has 1 aromatic heterocycles. The van der Waals surface area contributed by atoms with E-state index in [1.807, 2.05) is 42.5 Å². The molecular weight excluding hydrogens is 432 g/mol. The van der Waals surface area contributed by atoms with E-state index < -0.39 is 5.91 Å². The van der Waals surface area contributed by atoms with Gasteiger partial charge in [0.25, 0.3) is 5.91 Å². The Kier molecular flexibility index (Phi) is 9.69. The number of hydrogen-bond acceptors (Lipinski definition) is 5. The fourth-order valence-electron chi connectivity index (χ4n) is 3.54. The van der Waals surface area contributed by atoms with Crippen LogP contribution < -0.4 is 10.5 Å². The molecule has 2 aromatic rings. The first-order valence-electron chi connectivity index (χ1n) is 11.2. The highest BCUT2D eigenvalue weighted by Gasteiger charge is 2.16. The third-order valence-electron chi connectivity index (χ3n) is 5.29. The number of nitrogens with two attached hydrogens (primary N) is 1. The third-order valence-corrected chi connectivity index (χ3v) is 6.47. The Morgan fingerprint density at radius 1 is 1.15 bits per heavy atom. The summed E-state index contributed by atoms with van der Waals surface area (Å²) in [7, 11) is 0. The molecule has 0 atom stereocenters. The van der Waals surface area contributed by atoms with Gasteiger partial charge in [0.2, 0.25) is 0 Å². The number of ether oxygens (including phenoxy) is 2. The van der Waals surface area contributed by atoms with E-state index in [4.69, 9.17) is 15.2 Å². The van der Waals surface area contributed by atoms with Gasteiger partial charge >= 0.3 is 0 Å². The fourth-order valence-corrected chi connectivity index (χ4v) is 4.65. The topological polar surface area (TPSA) is 64.8 Å². The second-order valence-corrected chi connectivity index (χ2v) is 8.77. The standard InChI is InChI=1S/C27H32N2O3S/c1-3-5-6-7-8-9-11-21(10-4-2)25-19-22-18-23(27(28)30)24(20-26(22)33-25)32-17-14-29-12-15-31-16-13-29/h3-4,6-9,11,18-20H,1-2,5,10,12-17H2,(H2,28,30)/b7-6+,9-8+,21-11-. The minimum atomic E-state index is -0.484. The van der Waals surface area contributed by atoms with Crippen LogP contribution in [0.4, 0.5) is 0 Å². The lowest BCUT2D eigenvalue weighted by atomic mass is 10.1. The van der Waals surface area contributed by atoms with Crippen LogP contribution in [0.15, 0.2) is 73.9 Å². The molecule has 1 fully saturated rings. The molecule has 0 spiro atoms. The smallest absolute Gasteiger partial charge is 0.252 e. The first-order chi connectivity index (χ1) is 16.1. The summed E-state index contributed by atoms with van der Waals surface area (Å²) < 4.78 is 12.4. The molecule has 0 radical (unpaired) electrons. The van der Waals surface area contributed by atoms with Crippen molar-refractivity contribution in [2.75, 3.05) is 39.5 Å². The zero-order valence-corrected chi connectivity index (χ0v) is 19.8. The number of rotatable bonds is 12. The molecule has 1 saturated heterocycles. The predicted octanol–water partition coefficient (Wildman–Crippen LogP) is 5.36. The van der Waals surface area contributed by atoms with Gasteiger partial charge in [-0.3, -0.25) is 9.69 Å². The van der Waals surface area contributed by atoms with E-state index in [2.05, 4.69) is 36.3 Å². The molecular formula is C27H32N2O3S. The minimum absolute atomic E-state index is 0.412. The number of allylic oxidation sites excluding steroid dienone is 8. The number of hydrogen-bond donors (Lipinski definition) is 1. The van der Waals surface area contributed by atoms with Crippen LogP contribution in [0.2, 0.25) is 0 Å².